The van der Waals surface area contributed by atoms with Gasteiger partial charge in [0, 0.05) is 16.8 Å². The van der Waals surface area contributed by atoms with Crippen molar-refractivity contribution in [3.05, 3.63) is 53.6 Å². The third-order valence-electron chi connectivity index (χ3n) is 2.03. The molecule has 0 saturated carbocycles. The Kier molecular flexibility index (Phi) is 2.38. The summed E-state index contributed by atoms with van der Waals surface area (Å²) in [6.45, 7) is 0. The summed E-state index contributed by atoms with van der Waals surface area (Å²) in [5, 5.41) is 0. The second-order valence-corrected chi connectivity index (χ2v) is 3.20. The van der Waals surface area contributed by atoms with Crippen LogP contribution in [0.25, 0.3) is 0 Å². The van der Waals surface area contributed by atoms with Gasteiger partial charge in [-0.15, -0.1) is 0 Å². The molecule has 0 heterocycles. The van der Waals surface area contributed by atoms with Crippen molar-refractivity contribution in [2.24, 2.45) is 0 Å². The molecule has 0 spiro atoms. The van der Waals surface area contributed by atoms with Crippen LogP contribution in [-0.2, 0) is 0 Å². The van der Waals surface area contributed by atoms with Crippen molar-refractivity contribution in [3.63, 3.8) is 0 Å². The van der Waals surface area contributed by atoms with Crippen molar-refractivity contribution in [2.45, 2.75) is 6.42 Å². The molecule has 0 aromatic heterocycles. The van der Waals surface area contributed by atoms with Gasteiger partial charge in [0.25, 0.3) is 0 Å². The largest absolute Gasteiger partial charge is 0.399 e. The van der Waals surface area contributed by atoms with E-state index in [0.717, 1.165) is 23.2 Å². The van der Waals surface area contributed by atoms with Gasteiger partial charge in [0.05, 0.1) is 0 Å². The second kappa shape index (κ2) is 3.85. The topological polar surface area (TPSA) is 26.0 Å². The van der Waals surface area contributed by atoms with E-state index in [0.29, 0.717) is 0 Å². The number of rotatable bonds is 0. The quantitative estimate of drug-likeness (QED) is 0.483. The van der Waals surface area contributed by atoms with E-state index in [4.69, 9.17) is 5.73 Å². The average Bonchev–Trinajstić information content (AvgIpc) is 2.67. The fourth-order valence-electron chi connectivity index (χ4n) is 1.31. The summed E-state index contributed by atoms with van der Waals surface area (Å²) >= 11 is 0. The summed E-state index contributed by atoms with van der Waals surface area (Å²) in [6, 6.07) is 7.63. The number of benzene rings is 1. The van der Waals surface area contributed by atoms with E-state index < -0.39 is 0 Å². The Morgan fingerprint density at radius 3 is 2.86 bits per heavy atom. The molecule has 1 aromatic carbocycles. The first-order valence-electron chi connectivity index (χ1n) is 4.58. The highest BCUT2D eigenvalue weighted by atomic mass is 14.5. The lowest BCUT2D eigenvalue weighted by Gasteiger charge is -1.92. The molecule has 1 nitrogen and oxygen atoms in total. The average molecular weight is 181 g/mol. The zero-order valence-electron chi connectivity index (χ0n) is 7.83. The maximum absolute atomic E-state index is 5.65. The molecule has 1 aromatic rings. The van der Waals surface area contributed by atoms with E-state index in [2.05, 4.69) is 17.9 Å². The van der Waals surface area contributed by atoms with Gasteiger partial charge in [0.2, 0.25) is 0 Å². The second-order valence-electron chi connectivity index (χ2n) is 3.20. The lowest BCUT2D eigenvalue weighted by molar-refractivity contribution is 1.36. The maximum Gasteiger partial charge on any atom is 0.0326 e. The van der Waals surface area contributed by atoms with Crippen LogP contribution in [0.3, 0.4) is 0 Å². The molecule has 14 heavy (non-hydrogen) atoms. The molecule has 0 fully saturated rings. The Morgan fingerprint density at radius 1 is 1.21 bits per heavy atom. The van der Waals surface area contributed by atoms with Crippen molar-refractivity contribution < 1.29 is 0 Å². The molecule has 1 aliphatic rings. The van der Waals surface area contributed by atoms with Crippen LogP contribution >= 0.6 is 0 Å². The summed E-state index contributed by atoms with van der Waals surface area (Å²) in [4.78, 5) is 0. The van der Waals surface area contributed by atoms with Gasteiger partial charge in [-0.05, 0) is 24.6 Å². The lowest BCUT2D eigenvalue weighted by atomic mass is 10.2. The van der Waals surface area contributed by atoms with E-state index in [1.165, 1.54) is 0 Å². The molecule has 1 aliphatic carbocycles. The highest BCUT2D eigenvalue weighted by Crippen LogP contribution is 2.09. The van der Waals surface area contributed by atoms with Gasteiger partial charge in [0.15, 0.2) is 0 Å². The van der Waals surface area contributed by atoms with Crippen LogP contribution in [0.1, 0.15) is 12.0 Å². The molecule has 2 rings (SSSR count). The molecular weight excluding hydrogens is 170 g/mol. The van der Waals surface area contributed by atoms with Gasteiger partial charge in [-0.3, -0.25) is 0 Å². The fourth-order valence-corrected chi connectivity index (χ4v) is 1.31. The van der Waals surface area contributed by atoms with Crippen molar-refractivity contribution >= 4 is 5.69 Å². The SMILES string of the molecule is Nc1cccc(C#CC2=CC=CC2)c1. The molecule has 68 valence electrons. The Morgan fingerprint density at radius 2 is 2.14 bits per heavy atom. The van der Waals surface area contributed by atoms with Crippen molar-refractivity contribution in [1.82, 2.24) is 0 Å². The fraction of sp³-hybridized carbons (Fsp3) is 0.0769. The molecule has 1 heteroatoms. The van der Waals surface area contributed by atoms with Gasteiger partial charge in [-0.25, -0.2) is 0 Å². The van der Waals surface area contributed by atoms with Crippen LogP contribution < -0.4 is 5.73 Å². The van der Waals surface area contributed by atoms with E-state index in [1.807, 2.05) is 36.4 Å². The maximum atomic E-state index is 5.65. The van der Waals surface area contributed by atoms with Gasteiger partial charge in [-0.1, -0.05) is 36.1 Å². The smallest absolute Gasteiger partial charge is 0.0326 e. The first kappa shape index (κ1) is 8.65. The van der Waals surface area contributed by atoms with Crippen LogP contribution in [0, 0.1) is 11.8 Å². The molecule has 0 amide bonds. The minimum absolute atomic E-state index is 0.760. The van der Waals surface area contributed by atoms with Crippen LogP contribution in [0.15, 0.2) is 48.1 Å². The molecule has 2 N–H and O–H groups in total. The minimum atomic E-state index is 0.760. The summed E-state index contributed by atoms with van der Waals surface area (Å²) in [5.74, 6) is 6.21. The molecular formula is C13H11N. The first-order valence-corrected chi connectivity index (χ1v) is 4.58. The van der Waals surface area contributed by atoms with E-state index >= 15 is 0 Å². The summed E-state index contributed by atoms with van der Waals surface area (Å²) in [6.07, 6.45) is 7.13. The number of nitrogens with two attached hydrogens (primary N) is 1. The normalized spacial score (nSPS) is 13.3. The van der Waals surface area contributed by atoms with E-state index in [1.54, 1.807) is 0 Å². The number of anilines is 1. The highest BCUT2D eigenvalue weighted by molar-refractivity contribution is 5.50. The molecule has 0 saturated heterocycles. The van der Waals surface area contributed by atoms with Crippen LogP contribution in [0.4, 0.5) is 5.69 Å². The van der Waals surface area contributed by atoms with Gasteiger partial charge in [0.1, 0.15) is 0 Å². The monoisotopic (exact) mass is 181 g/mol. The summed E-state index contributed by atoms with van der Waals surface area (Å²) in [7, 11) is 0. The molecule has 0 radical (unpaired) electrons. The van der Waals surface area contributed by atoms with Crippen molar-refractivity contribution in [2.75, 3.05) is 5.73 Å². The Balaban J connectivity index is 2.17. The predicted molar refractivity (Wildman–Crippen MR) is 59.6 cm³/mol. The van der Waals surface area contributed by atoms with E-state index in [9.17, 15) is 0 Å². The number of allylic oxidation sites excluding steroid dienone is 4. The minimum Gasteiger partial charge on any atom is -0.399 e. The molecule has 0 bridgehead atoms. The molecule has 0 aliphatic heterocycles. The first-order chi connectivity index (χ1) is 6.84. The molecule has 0 atom stereocenters. The standard InChI is InChI=1S/C13H11N/c14-13-7-3-6-12(10-13)9-8-11-4-1-2-5-11/h1-4,6-7,10H,5,14H2. The Hall–Kier alpha value is -1.94. The van der Waals surface area contributed by atoms with Crippen molar-refractivity contribution in [3.8, 4) is 11.8 Å². The lowest BCUT2D eigenvalue weighted by Crippen LogP contribution is -1.84. The summed E-state index contributed by atoms with van der Waals surface area (Å²) < 4.78 is 0. The third kappa shape index (κ3) is 2.05. The predicted octanol–water partition coefficient (Wildman–Crippen LogP) is 2.51. The number of nitrogen functional groups attached to an aromatic ring is 1. The highest BCUT2D eigenvalue weighted by Gasteiger charge is 1.93. The van der Waals surface area contributed by atoms with E-state index in [-0.39, 0.29) is 0 Å². The van der Waals surface area contributed by atoms with Gasteiger partial charge >= 0.3 is 0 Å². The summed E-state index contributed by atoms with van der Waals surface area (Å²) in [5.41, 5.74) is 8.54. The van der Waals surface area contributed by atoms with Crippen LogP contribution in [0.5, 0.6) is 0 Å². The number of hydrogen-bond donors (Lipinski definition) is 1. The van der Waals surface area contributed by atoms with Gasteiger partial charge in [-0.2, -0.15) is 0 Å². The Bertz CT molecular complexity index is 456. The van der Waals surface area contributed by atoms with Crippen LogP contribution in [-0.4, -0.2) is 0 Å². The Labute approximate surface area is 83.9 Å². The molecule has 0 unspecified atom stereocenters. The van der Waals surface area contributed by atoms with Crippen LogP contribution in [0.2, 0.25) is 0 Å². The van der Waals surface area contributed by atoms with Gasteiger partial charge < -0.3 is 5.73 Å². The third-order valence-corrected chi connectivity index (χ3v) is 2.03. The zero-order valence-corrected chi connectivity index (χ0v) is 7.83. The number of hydrogen-bond acceptors (Lipinski definition) is 1. The zero-order chi connectivity index (χ0) is 9.80. The van der Waals surface area contributed by atoms with Crippen molar-refractivity contribution in [1.29, 1.82) is 0 Å².